The molecule has 198 valence electrons. The van der Waals surface area contributed by atoms with Gasteiger partial charge in [-0.1, -0.05) is 115 Å². The van der Waals surface area contributed by atoms with Gasteiger partial charge in [0.05, 0.1) is 5.69 Å². The maximum Gasteiger partial charge on any atom is 0.135 e. The number of anilines is 3. The second kappa shape index (κ2) is 10.1. The van der Waals surface area contributed by atoms with Crippen LogP contribution < -0.4 is 4.90 Å². The van der Waals surface area contributed by atoms with Crippen molar-refractivity contribution in [1.29, 1.82) is 0 Å². The Labute approximate surface area is 244 Å². The summed E-state index contributed by atoms with van der Waals surface area (Å²) in [4.78, 5) is 2.36. The molecule has 1 heterocycles. The minimum Gasteiger partial charge on any atom is -0.456 e. The summed E-state index contributed by atoms with van der Waals surface area (Å²) in [5.41, 5.74) is 7.72. The van der Waals surface area contributed by atoms with Gasteiger partial charge in [-0.3, -0.25) is 0 Å². The van der Waals surface area contributed by atoms with Crippen molar-refractivity contribution in [3.8, 4) is 22.5 Å². The van der Waals surface area contributed by atoms with Crippen molar-refractivity contribution in [2.45, 2.75) is 0 Å². The highest BCUT2D eigenvalue weighted by Gasteiger charge is 2.18. The number of nitrogens with zero attached hydrogens (tertiary/aromatic N) is 1. The Bertz CT molecular complexity index is 2180. The molecule has 0 saturated carbocycles. The fourth-order valence-electron chi connectivity index (χ4n) is 6.01. The van der Waals surface area contributed by atoms with E-state index in [4.69, 9.17) is 4.42 Å². The molecule has 0 bridgehead atoms. The highest BCUT2D eigenvalue weighted by atomic mass is 16.3. The monoisotopic (exact) mass is 537 g/mol. The van der Waals surface area contributed by atoms with Gasteiger partial charge in [-0.15, -0.1) is 0 Å². The highest BCUT2D eigenvalue weighted by molar-refractivity contribution is 6.07. The van der Waals surface area contributed by atoms with E-state index >= 15 is 0 Å². The van der Waals surface area contributed by atoms with Gasteiger partial charge in [-0.2, -0.15) is 0 Å². The molecule has 7 aromatic carbocycles. The molecule has 0 fully saturated rings. The first-order valence-corrected chi connectivity index (χ1v) is 14.3. The third kappa shape index (κ3) is 4.22. The van der Waals surface area contributed by atoms with E-state index in [9.17, 15) is 0 Å². The largest absolute Gasteiger partial charge is 0.456 e. The van der Waals surface area contributed by atoms with Crippen molar-refractivity contribution >= 4 is 49.6 Å². The molecule has 0 N–H and O–H groups in total. The van der Waals surface area contributed by atoms with Crippen LogP contribution in [0.5, 0.6) is 0 Å². The van der Waals surface area contributed by atoms with Crippen LogP contribution >= 0.6 is 0 Å². The zero-order chi connectivity index (χ0) is 27.9. The lowest BCUT2D eigenvalue weighted by atomic mass is 9.95. The smallest absolute Gasteiger partial charge is 0.135 e. The van der Waals surface area contributed by atoms with Gasteiger partial charge < -0.3 is 9.32 Å². The van der Waals surface area contributed by atoms with E-state index in [1.165, 1.54) is 27.1 Å². The van der Waals surface area contributed by atoms with E-state index in [1.54, 1.807) is 0 Å². The van der Waals surface area contributed by atoms with Crippen LogP contribution in [-0.2, 0) is 0 Å². The van der Waals surface area contributed by atoms with Crippen LogP contribution in [-0.4, -0.2) is 0 Å². The Balaban J connectivity index is 1.29. The van der Waals surface area contributed by atoms with Crippen molar-refractivity contribution in [2.75, 3.05) is 4.90 Å². The van der Waals surface area contributed by atoms with Gasteiger partial charge >= 0.3 is 0 Å². The predicted molar refractivity (Wildman–Crippen MR) is 177 cm³/mol. The Hall–Kier alpha value is -5.60. The summed E-state index contributed by atoms with van der Waals surface area (Å²) >= 11 is 0. The second-order valence-corrected chi connectivity index (χ2v) is 10.6. The van der Waals surface area contributed by atoms with E-state index in [0.29, 0.717) is 0 Å². The van der Waals surface area contributed by atoms with Crippen LogP contribution in [0.15, 0.2) is 168 Å². The molecule has 0 spiro atoms. The lowest BCUT2D eigenvalue weighted by Gasteiger charge is -2.27. The maximum atomic E-state index is 6.20. The average molecular weight is 538 g/mol. The number of benzene rings is 7. The summed E-state index contributed by atoms with van der Waals surface area (Å²) in [6, 6.07) is 58.0. The lowest BCUT2D eigenvalue weighted by molar-refractivity contribution is 0.631. The number of hydrogen-bond donors (Lipinski definition) is 0. The van der Waals surface area contributed by atoms with Gasteiger partial charge in [-0.05, 0) is 75.8 Å². The predicted octanol–water partition coefficient (Wildman–Crippen LogP) is 11.5. The first-order chi connectivity index (χ1) is 20.8. The quantitative estimate of drug-likeness (QED) is 0.217. The summed E-state index contributed by atoms with van der Waals surface area (Å²) in [7, 11) is 0. The number of rotatable bonds is 5. The normalized spacial score (nSPS) is 11.3. The van der Waals surface area contributed by atoms with Crippen LogP contribution in [0.4, 0.5) is 17.1 Å². The molecule has 42 heavy (non-hydrogen) atoms. The molecule has 8 rings (SSSR count). The standard InChI is InChI=1S/C40H27NO/c1-2-16-33(17-3-1)41(34-22-21-28-11-4-5-12-29(28)26-34)38-24-23-35(36-18-7-8-19-37(36)38)30-14-10-15-31(25-30)40-27-32-13-6-9-20-39(32)42-40/h1-27H. The molecule has 0 aliphatic heterocycles. The maximum absolute atomic E-state index is 6.20. The zero-order valence-corrected chi connectivity index (χ0v) is 22.9. The summed E-state index contributed by atoms with van der Waals surface area (Å²) < 4.78 is 6.20. The highest BCUT2D eigenvalue weighted by Crippen LogP contribution is 2.43. The molecule has 0 saturated heterocycles. The molecular weight excluding hydrogens is 510 g/mol. The number of furan rings is 1. The molecule has 0 atom stereocenters. The van der Waals surface area contributed by atoms with E-state index < -0.39 is 0 Å². The minimum atomic E-state index is 0.880. The first-order valence-electron chi connectivity index (χ1n) is 14.3. The molecule has 2 nitrogen and oxygen atoms in total. The third-order valence-electron chi connectivity index (χ3n) is 8.03. The Morgan fingerprint density at radius 2 is 1.12 bits per heavy atom. The molecule has 1 aromatic heterocycles. The Kier molecular flexibility index (Phi) is 5.82. The van der Waals surface area contributed by atoms with Crippen molar-refractivity contribution in [1.82, 2.24) is 0 Å². The van der Waals surface area contributed by atoms with Gasteiger partial charge in [-0.25, -0.2) is 0 Å². The van der Waals surface area contributed by atoms with Gasteiger partial charge in [0.25, 0.3) is 0 Å². The van der Waals surface area contributed by atoms with Gasteiger partial charge in [0, 0.05) is 27.7 Å². The van der Waals surface area contributed by atoms with Crippen molar-refractivity contribution in [3.05, 3.63) is 164 Å². The van der Waals surface area contributed by atoms with E-state index in [2.05, 4.69) is 150 Å². The second-order valence-electron chi connectivity index (χ2n) is 10.6. The topological polar surface area (TPSA) is 16.4 Å². The van der Waals surface area contributed by atoms with Crippen molar-refractivity contribution in [3.63, 3.8) is 0 Å². The van der Waals surface area contributed by atoms with Crippen molar-refractivity contribution in [2.24, 2.45) is 0 Å². The molecule has 0 radical (unpaired) electrons. The molecule has 8 aromatic rings. The summed E-state index contributed by atoms with van der Waals surface area (Å²) in [6.07, 6.45) is 0. The summed E-state index contributed by atoms with van der Waals surface area (Å²) in [6.45, 7) is 0. The zero-order valence-electron chi connectivity index (χ0n) is 22.9. The number of hydrogen-bond acceptors (Lipinski definition) is 2. The van der Waals surface area contributed by atoms with Crippen LogP contribution in [0.1, 0.15) is 0 Å². The molecule has 0 unspecified atom stereocenters. The molecule has 2 heteroatoms. The fourth-order valence-corrected chi connectivity index (χ4v) is 6.01. The number of fused-ring (bicyclic) bond motifs is 3. The minimum absolute atomic E-state index is 0.880. The third-order valence-corrected chi connectivity index (χ3v) is 8.03. The van der Waals surface area contributed by atoms with E-state index in [-0.39, 0.29) is 0 Å². The van der Waals surface area contributed by atoms with Gasteiger partial charge in [0.15, 0.2) is 0 Å². The number of para-hydroxylation sites is 2. The van der Waals surface area contributed by atoms with Crippen LogP contribution in [0, 0.1) is 0 Å². The molecule has 0 amide bonds. The molecule has 0 aliphatic carbocycles. The molecular formula is C40H27NO. The van der Waals surface area contributed by atoms with Crippen LogP contribution in [0.3, 0.4) is 0 Å². The van der Waals surface area contributed by atoms with Crippen LogP contribution in [0.2, 0.25) is 0 Å². The first kappa shape index (κ1) is 24.2. The lowest BCUT2D eigenvalue weighted by Crippen LogP contribution is -2.10. The molecule has 0 aliphatic rings. The Morgan fingerprint density at radius 1 is 0.405 bits per heavy atom. The van der Waals surface area contributed by atoms with E-state index in [1.807, 2.05) is 18.2 Å². The Morgan fingerprint density at radius 3 is 1.98 bits per heavy atom. The van der Waals surface area contributed by atoms with Crippen molar-refractivity contribution < 1.29 is 4.42 Å². The fraction of sp³-hybridized carbons (Fsp3) is 0. The van der Waals surface area contributed by atoms with Gasteiger partial charge in [0.1, 0.15) is 11.3 Å². The summed E-state index contributed by atoms with van der Waals surface area (Å²) in [5.74, 6) is 0.880. The van der Waals surface area contributed by atoms with E-state index in [0.717, 1.165) is 44.9 Å². The summed E-state index contributed by atoms with van der Waals surface area (Å²) in [5, 5.41) is 5.97. The van der Waals surface area contributed by atoms with Crippen LogP contribution in [0.25, 0.3) is 55.0 Å². The SMILES string of the molecule is c1ccc(N(c2ccc3ccccc3c2)c2ccc(-c3cccc(-c4cc5ccccc5o4)c3)c3ccccc23)cc1. The average Bonchev–Trinajstić information content (AvgIpc) is 3.50. The van der Waals surface area contributed by atoms with Gasteiger partial charge in [0.2, 0.25) is 0 Å².